The molecule has 4 heteroatoms. The van der Waals surface area contributed by atoms with Crippen LogP contribution >= 0.6 is 12.2 Å². The molecule has 3 nitrogen and oxygen atoms in total. The molecule has 0 atom stereocenters. The van der Waals surface area contributed by atoms with Crippen LogP contribution in [0.2, 0.25) is 0 Å². The van der Waals surface area contributed by atoms with Gasteiger partial charge in [0.25, 0.3) is 5.91 Å². The van der Waals surface area contributed by atoms with Crippen molar-refractivity contribution in [1.29, 1.82) is 0 Å². The number of amides is 1. The molecular formula is C14H20N2OS. The molecule has 0 aliphatic heterocycles. The Bertz CT molecular complexity index is 430. The van der Waals surface area contributed by atoms with Gasteiger partial charge >= 0.3 is 0 Å². The first kappa shape index (κ1) is 14.6. The first-order chi connectivity index (χ1) is 8.49. The number of carbonyl (C=O) groups is 1. The van der Waals surface area contributed by atoms with Crippen LogP contribution in [0.25, 0.3) is 0 Å². The Kier molecular flexibility index (Phi) is 5.78. The predicted molar refractivity (Wildman–Crippen MR) is 78.7 cm³/mol. The molecule has 18 heavy (non-hydrogen) atoms. The zero-order valence-corrected chi connectivity index (χ0v) is 11.7. The van der Waals surface area contributed by atoms with Crippen LogP contribution in [0.3, 0.4) is 0 Å². The van der Waals surface area contributed by atoms with Crippen molar-refractivity contribution in [3.8, 4) is 0 Å². The summed E-state index contributed by atoms with van der Waals surface area (Å²) in [4.78, 5) is 12.3. The molecule has 3 N–H and O–H groups in total. The van der Waals surface area contributed by atoms with Crippen LogP contribution in [0.1, 0.15) is 36.2 Å². The highest BCUT2D eigenvalue weighted by atomic mass is 32.1. The number of nitrogens with two attached hydrogens (primary N) is 1. The minimum absolute atomic E-state index is 0.0413. The van der Waals surface area contributed by atoms with Crippen molar-refractivity contribution < 1.29 is 4.79 Å². The second-order valence-electron chi connectivity index (χ2n) is 4.78. The SMILES string of the molecule is CC(C)CCNC(=O)c1cccc(CC(N)=S)c1. The summed E-state index contributed by atoms with van der Waals surface area (Å²) in [6.07, 6.45) is 1.51. The number of nitrogens with one attached hydrogen (secondary N) is 1. The van der Waals surface area contributed by atoms with Gasteiger partial charge in [-0.1, -0.05) is 38.2 Å². The van der Waals surface area contributed by atoms with Gasteiger partial charge in [0.1, 0.15) is 0 Å². The maximum Gasteiger partial charge on any atom is 0.251 e. The van der Waals surface area contributed by atoms with Gasteiger partial charge < -0.3 is 11.1 Å². The lowest BCUT2D eigenvalue weighted by Gasteiger charge is -2.08. The highest BCUT2D eigenvalue weighted by molar-refractivity contribution is 7.80. The van der Waals surface area contributed by atoms with Crippen LogP contribution < -0.4 is 11.1 Å². The number of hydrogen-bond acceptors (Lipinski definition) is 2. The monoisotopic (exact) mass is 264 g/mol. The van der Waals surface area contributed by atoms with Gasteiger partial charge in [0.05, 0.1) is 4.99 Å². The zero-order valence-electron chi connectivity index (χ0n) is 10.9. The van der Waals surface area contributed by atoms with Gasteiger partial charge in [-0.3, -0.25) is 4.79 Å². The van der Waals surface area contributed by atoms with Crippen molar-refractivity contribution in [3.05, 3.63) is 35.4 Å². The van der Waals surface area contributed by atoms with Crippen LogP contribution in [-0.2, 0) is 6.42 Å². The largest absolute Gasteiger partial charge is 0.393 e. The molecule has 0 unspecified atom stereocenters. The number of benzene rings is 1. The third-order valence-corrected chi connectivity index (χ3v) is 2.72. The number of carbonyl (C=O) groups excluding carboxylic acids is 1. The second kappa shape index (κ2) is 7.11. The highest BCUT2D eigenvalue weighted by Gasteiger charge is 2.06. The molecule has 1 aromatic rings. The Hall–Kier alpha value is -1.42. The van der Waals surface area contributed by atoms with Gasteiger partial charge in [0.15, 0.2) is 0 Å². The molecule has 0 heterocycles. The highest BCUT2D eigenvalue weighted by Crippen LogP contribution is 2.06. The fourth-order valence-corrected chi connectivity index (χ4v) is 1.77. The van der Waals surface area contributed by atoms with Crippen LogP contribution in [0.15, 0.2) is 24.3 Å². The van der Waals surface area contributed by atoms with Gasteiger partial charge in [-0.15, -0.1) is 0 Å². The van der Waals surface area contributed by atoms with Gasteiger partial charge in [-0.2, -0.15) is 0 Å². The molecule has 0 saturated heterocycles. The summed E-state index contributed by atoms with van der Waals surface area (Å²) in [5.74, 6) is 0.548. The van der Waals surface area contributed by atoms with E-state index in [4.69, 9.17) is 18.0 Å². The molecule has 0 aromatic heterocycles. The van der Waals surface area contributed by atoms with Crippen LogP contribution in [0, 0.1) is 5.92 Å². The first-order valence-corrected chi connectivity index (χ1v) is 6.55. The van der Waals surface area contributed by atoms with Crippen molar-refractivity contribution >= 4 is 23.1 Å². The van der Waals surface area contributed by atoms with E-state index in [1.807, 2.05) is 18.2 Å². The Labute approximate surface area is 114 Å². The smallest absolute Gasteiger partial charge is 0.251 e. The number of rotatable bonds is 6. The topological polar surface area (TPSA) is 55.1 Å². The Balaban J connectivity index is 2.59. The molecule has 1 rings (SSSR count). The van der Waals surface area contributed by atoms with Crippen molar-refractivity contribution in [2.45, 2.75) is 26.7 Å². The van der Waals surface area contributed by atoms with E-state index in [-0.39, 0.29) is 5.91 Å². The van der Waals surface area contributed by atoms with Crippen molar-refractivity contribution in [3.63, 3.8) is 0 Å². The summed E-state index contributed by atoms with van der Waals surface area (Å²) in [5.41, 5.74) is 7.13. The fourth-order valence-electron chi connectivity index (χ4n) is 1.60. The van der Waals surface area contributed by atoms with Crippen molar-refractivity contribution in [2.75, 3.05) is 6.54 Å². The van der Waals surface area contributed by atoms with Crippen LogP contribution in [0.5, 0.6) is 0 Å². The molecule has 1 amide bonds. The average Bonchev–Trinajstić information content (AvgIpc) is 2.27. The maximum atomic E-state index is 11.9. The van der Waals surface area contributed by atoms with Gasteiger partial charge in [0.2, 0.25) is 0 Å². The average molecular weight is 264 g/mol. The molecule has 0 bridgehead atoms. The summed E-state index contributed by atoms with van der Waals surface area (Å²) >= 11 is 4.86. The molecule has 0 fully saturated rings. The van der Waals surface area contributed by atoms with Crippen molar-refractivity contribution in [1.82, 2.24) is 5.32 Å². The lowest BCUT2D eigenvalue weighted by atomic mass is 10.1. The quantitative estimate of drug-likeness (QED) is 0.775. The zero-order chi connectivity index (χ0) is 13.5. The molecule has 0 saturated carbocycles. The first-order valence-electron chi connectivity index (χ1n) is 6.14. The van der Waals surface area contributed by atoms with Gasteiger partial charge in [0, 0.05) is 18.5 Å². The Morgan fingerprint density at radius 1 is 1.44 bits per heavy atom. The van der Waals surface area contributed by atoms with E-state index in [0.29, 0.717) is 29.4 Å². The van der Waals surface area contributed by atoms with E-state index in [9.17, 15) is 4.79 Å². The summed E-state index contributed by atoms with van der Waals surface area (Å²) in [5, 5.41) is 2.91. The lowest BCUT2D eigenvalue weighted by Crippen LogP contribution is -2.25. The molecule has 0 aliphatic carbocycles. The number of thiocarbonyl (C=S) groups is 1. The fraction of sp³-hybridized carbons (Fsp3) is 0.429. The van der Waals surface area contributed by atoms with E-state index < -0.39 is 0 Å². The second-order valence-corrected chi connectivity index (χ2v) is 5.31. The standard InChI is InChI=1S/C14H20N2OS/c1-10(2)6-7-16-14(17)12-5-3-4-11(8-12)9-13(15)18/h3-5,8,10H,6-7,9H2,1-2H3,(H2,15,18)(H,16,17). The molecule has 0 spiro atoms. The third-order valence-electron chi connectivity index (χ3n) is 2.57. The molecular weight excluding hydrogens is 244 g/mol. The van der Waals surface area contributed by atoms with Crippen LogP contribution in [0.4, 0.5) is 0 Å². The number of hydrogen-bond donors (Lipinski definition) is 2. The summed E-state index contributed by atoms with van der Waals surface area (Å²) in [6.45, 7) is 4.97. The van der Waals surface area contributed by atoms with Crippen LogP contribution in [-0.4, -0.2) is 17.4 Å². The van der Waals surface area contributed by atoms with E-state index in [1.54, 1.807) is 6.07 Å². The Morgan fingerprint density at radius 3 is 2.78 bits per heavy atom. The lowest BCUT2D eigenvalue weighted by molar-refractivity contribution is 0.0952. The molecule has 98 valence electrons. The third kappa shape index (κ3) is 5.27. The summed E-state index contributed by atoms with van der Waals surface area (Å²) < 4.78 is 0. The van der Waals surface area contributed by atoms with E-state index in [1.165, 1.54) is 0 Å². The van der Waals surface area contributed by atoms with Gasteiger partial charge in [-0.05, 0) is 30.0 Å². The predicted octanol–water partition coefficient (Wildman–Crippen LogP) is 2.29. The van der Waals surface area contributed by atoms with E-state index >= 15 is 0 Å². The van der Waals surface area contributed by atoms with Crippen molar-refractivity contribution in [2.24, 2.45) is 11.7 Å². The molecule has 0 radical (unpaired) electrons. The van der Waals surface area contributed by atoms with E-state index in [2.05, 4.69) is 19.2 Å². The minimum Gasteiger partial charge on any atom is -0.393 e. The minimum atomic E-state index is -0.0413. The normalized spacial score (nSPS) is 10.4. The Morgan fingerprint density at radius 2 is 2.17 bits per heavy atom. The maximum absolute atomic E-state index is 11.9. The van der Waals surface area contributed by atoms with E-state index in [0.717, 1.165) is 12.0 Å². The molecule has 0 aliphatic rings. The summed E-state index contributed by atoms with van der Waals surface area (Å²) in [6, 6.07) is 7.41. The van der Waals surface area contributed by atoms with Gasteiger partial charge in [-0.25, -0.2) is 0 Å². The summed E-state index contributed by atoms with van der Waals surface area (Å²) in [7, 11) is 0. The molecule has 1 aromatic carbocycles.